The van der Waals surface area contributed by atoms with E-state index in [0.717, 1.165) is 39.0 Å². The van der Waals surface area contributed by atoms with Gasteiger partial charge in [-0.05, 0) is 46.3 Å². The molecule has 112 valence electrons. The lowest BCUT2D eigenvalue weighted by Crippen LogP contribution is -2.46. The fraction of sp³-hybridized carbons (Fsp3) is 0.933. The number of nitrogens with zero attached hydrogens (tertiary/aromatic N) is 2. The number of hydrogen-bond acceptors (Lipinski definition) is 3. The van der Waals surface area contributed by atoms with Gasteiger partial charge >= 0.3 is 0 Å². The summed E-state index contributed by atoms with van der Waals surface area (Å²) in [4.78, 5) is 16.9. The maximum absolute atomic E-state index is 12.7. The lowest BCUT2D eigenvalue weighted by atomic mass is 9.91. The van der Waals surface area contributed by atoms with Crippen molar-refractivity contribution in [1.29, 1.82) is 0 Å². The highest BCUT2D eigenvalue weighted by Gasteiger charge is 2.28. The third kappa shape index (κ3) is 5.91. The van der Waals surface area contributed by atoms with Crippen LogP contribution in [-0.4, -0.2) is 62.0 Å². The number of piperidine rings is 1. The van der Waals surface area contributed by atoms with Gasteiger partial charge < -0.3 is 15.1 Å². The molecule has 1 rings (SSSR count). The minimum atomic E-state index is 0.220. The summed E-state index contributed by atoms with van der Waals surface area (Å²) in [5.74, 6) is 1.12. The highest BCUT2D eigenvalue weighted by molar-refractivity contribution is 5.79. The second-order valence-electron chi connectivity index (χ2n) is 6.56. The molecular weight excluding hydrogens is 238 g/mol. The van der Waals surface area contributed by atoms with Crippen molar-refractivity contribution >= 4 is 5.91 Å². The molecule has 0 aromatic carbocycles. The van der Waals surface area contributed by atoms with Crippen molar-refractivity contribution in [2.75, 3.05) is 40.3 Å². The predicted octanol–water partition coefficient (Wildman–Crippen LogP) is 1.42. The van der Waals surface area contributed by atoms with Gasteiger partial charge in [0.05, 0.1) is 0 Å². The summed E-state index contributed by atoms with van der Waals surface area (Å²) in [5, 5.41) is 3.42. The number of likely N-dealkylation sites (N-methyl/N-ethyl adjacent to an activating group) is 1. The Kier molecular flexibility index (Phi) is 6.80. The summed E-state index contributed by atoms with van der Waals surface area (Å²) in [6.07, 6.45) is 1.97. The molecule has 1 aliphatic heterocycles. The van der Waals surface area contributed by atoms with Crippen molar-refractivity contribution < 1.29 is 4.79 Å². The molecule has 1 saturated heterocycles. The quantitative estimate of drug-likeness (QED) is 0.792. The van der Waals surface area contributed by atoms with Gasteiger partial charge in [-0.1, -0.05) is 13.8 Å². The Balaban J connectivity index is 2.58. The predicted molar refractivity (Wildman–Crippen MR) is 80.2 cm³/mol. The van der Waals surface area contributed by atoms with Crippen molar-refractivity contribution in [3.63, 3.8) is 0 Å². The van der Waals surface area contributed by atoms with Crippen LogP contribution in [0.5, 0.6) is 0 Å². The standard InChI is InChI=1S/C15H31N3O/c1-12(2)11-18(9-8-17(4)5)15(19)14-6-7-16-13(3)10-14/h12-14,16H,6-11H2,1-5H3. The van der Waals surface area contributed by atoms with Crippen LogP contribution < -0.4 is 5.32 Å². The molecule has 19 heavy (non-hydrogen) atoms. The van der Waals surface area contributed by atoms with Crippen LogP contribution in [0.2, 0.25) is 0 Å². The second-order valence-corrected chi connectivity index (χ2v) is 6.56. The van der Waals surface area contributed by atoms with Crippen molar-refractivity contribution in [3.8, 4) is 0 Å². The highest BCUT2D eigenvalue weighted by atomic mass is 16.2. The summed E-state index contributed by atoms with van der Waals surface area (Å²) < 4.78 is 0. The van der Waals surface area contributed by atoms with Gasteiger partial charge in [0.15, 0.2) is 0 Å². The number of rotatable bonds is 6. The normalized spacial score (nSPS) is 23.9. The molecule has 0 aromatic heterocycles. The maximum atomic E-state index is 12.7. The van der Waals surface area contributed by atoms with Crippen LogP contribution >= 0.6 is 0 Å². The first-order valence-corrected chi connectivity index (χ1v) is 7.57. The summed E-state index contributed by atoms with van der Waals surface area (Å²) in [5.41, 5.74) is 0. The number of carbonyl (C=O) groups is 1. The van der Waals surface area contributed by atoms with E-state index in [1.54, 1.807) is 0 Å². The van der Waals surface area contributed by atoms with Crippen LogP contribution in [0.3, 0.4) is 0 Å². The van der Waals surface area contributed by atoms with E-state index in [9.17, 15) is 4.79 Å². The third-order valence-corrected chi connectivity index (χ3v) is 3.69. The van der Waals surface area contributed by atoms with E-state index >= 15 is 0 Å². The Bertz CT molecular complexity index is 279. The molecule has 1 heterocycles. The average molecular weight is 269 g/mol. The summed E-state index contributed by atoms with van der Waals surface area (Å²) in [6, 6.07) is 0.470. The van der Waals surface area contributed by atoms with Gasteiger partial charge in [0.2, 0.25) is 5.91 Å². The fourth-order valence-electron chi connectivity index (χ4n) is 2.67. The Hall–Kier alpha value is -0.610. The number of carbonyl (C=O) groups excluding carboxylic acids is 1. The minimum absolute atomic E-state index is 0.220. The van der Waals surface area contributed by atoms with Crippen LogP contribution in [0.25, 0.3) is 0 Å². The van der Waals surface area contributed by atoms with E-state index in [-0.39, 0.29) is 5.92 Å². The fourth-order valence-corrected chi connectivity index (χ4v) is 2.67. The molecule has 4 nitrogen and oxygen atoms in total. The smallest absolute Gasteiger partial charge is 0.225 e. The van der Waals surface area contributed by atoms with Crippen LogP contribution in [0, 0.1) is 11.8 Å². The molecule has 0 spiro atoms. The SMILES string of the molecule is CC(C)CN(CCN(C)C)C(=O)C1CCNC(C)C1. The Morgan fingerprint density at radius 1 is 1.32 bits per heavy atom. The van der Waals surface area contributed by atoms with Gasteiger partial charge in [-0.15, -0.1) is 0 Å². The van der Waals surface area contributed by atoms with Crippen molar-refractivity contribution in [1.82, 2.24) is 15.1 Å². The molecule has 1 aliphatic rings. The van der Waals surface area contributed by atoms with Crippen molar-refractivity contribution in [3.05, 3.63) is 0 Å². The van der Waals surface area contributed by atoms with Gasteiger partial charge in [-0.3, -0.25) is 4.79 Å². The first-order chi connectivity index (χ1) is 8.90. The lowest BCUT2D eigenvalue weighted by molar-refractivity contribution is -0.137. The zero-order valence-corrected chi connectivity index (χ0v) is 13.3. The molecule has 1 fully saturated rings. The largest absolute Gasteiger partial charge is 0.341 e. The lowest BCUT2D eigenvalue weighted by Gasteiger charge is -2.33. The third-order valence-electron chi connectivity index (χ3n) is 3.69. The van der Waals surface area contributed by atoms with E-state index in [1.807, 2.05) is 0 Å². The molecule has 0 radical (unpaired) electrons. The Morgan fingerprint density at radius 3 is 2.53 bits per heavy atom. The van der Waals surface area contributed by atoms with Gasteiger partial charge in [-0.25, -0.2) is 0 Å². The van der Waals surface area contributed by atoms with E-state index in [1.165, 1.54) is 0 Å². The van der Waals surface area contributed by atoms with Crippen molar-refractivity contribution in [2.45, 2.75) is 39.7 Å². The van der Waals surface area contributed by atoms with Crippen LogP contribution in [0.4, 0.5) is 0 Å². The number of amides is 1. The van der Waals surface area contributed by atoms with Gasteiger partial charge in [0.25, 0.3) is 0 Å². The Morgan fingerprint density at radius 2 is 2.00 bits per heavy atom. The summed E-state index contributed by atoms with van der Waals surface area (Å²) >= 11 is 0. The molecule has 0 aromatic rings. The zero-order valence-electron chi connectivity index (χ0n) is 13.3. The van der Waals surface area contributed by atoms with Gasteiger partial charge in [0, 0.05) is 31.6 Å². The van der Waals surface area contributed by atoms with Gasteiger partial charge in [0.1, 0.15) is 0 Å². The molecule has 0 aliphatic carbocycles. The topological polar surface area (TPSA) is 35.6 Å². The maximum Gasteiger partial charge on any atom is 0.225 e. The van der Waals surface area contributed by atoms with E-state index < -0.39 is 0 Å². The first kappa shape index (κ1) is 16.4. The monoisotopic (exact) mass is 269 g/mol. The zero-order chi connectivity index (χ0) is 14.4. The van der Waals surface area contributed by atoms with Crippen LogP contribution in [0.1, 0.15) is 33.6 Å². The summed E-state index contributed by atoms with van der Waals surface area (Å²) in [6.45, 7) is 10.2. The van der Waals surface area contributed by atoms with Crippen LogP contribution in [-0.2, 0) is 4.79 Å². The molecule has 4 heteroatoms. The molecule has 0 bridgehead atoms. The van der Waals surface area contributed by atoms with E-state index in [0.29, 0.717) is 17.9 Å². The van der Waals surface area contributed by atoms with E-state index in [4.69, 9.17) is 0 Å². The molecular formula is C15H31N3O. The highest BCUT2D eigenvalue weighted by Crippen LogP contribution is 2.19. The molecule has 1 N–H and O–H groups in total. The molecule has 2 atom stereocenters. The van der Waals surface area contributed by atoms with E-state index in [2.05, 4.69) is 50.0 Å². The first-order valence-electron chi connectivity index (χ1n) is 7.57. The molecule has 2 unspecified atom stereocenters. The number of nitrogens with one attached hydrogen (secondary N) is 1. The summed E-state index contributed by atoms with van der Waals surface area (Å²) in [7, 11) is 4.12. The van der Waals surface area contributed by atoms with Crippen molar-refractivity contribution in [2.24, 2.45) is 11.8 Å². The number of hydrogen-bond donors (Lipinski definition) is 1. The minimum Gasteiger partial charge on any atom is -0.341 e. The van der Waals surface area contributed by atoms with Crippen LogP contribution in [0.15, 0.2) is 0 Å². The molecule has 1 amide bonds. The average Bonchev–Trinajstić information content (AvgIpc) is 2.33. The Labute approximate surface area is 118 Å². The van der Waals surface area contributed by atoms with Gasteiger partial charge in [-0.2, -0.15) is 0 Å². The second kappa shape index (κ2) is 7.85. The molecule has 0 saturated carbocycles.